The summed E-state index contributed by atoms with van der Waals surface area (Å²) >= 11 is 0. The third-order valence-corrected chi connectivity index (χ3v) is 4.20. The van der Waals surface area contributed by atoms with Crippen molar-refractivity contribution in [3.63, 3.8) is 0 Å². The molecular weight excluding hydrogens is 364 g/mol. The molecule has 0 aliphatic carbocycles. The monoisotopic (exact) mass is 380 g/mol. The first-order valence-electron chi connectivity index (χ1n) is 8.18. The quantitative estimate of drug-likeness (QED) is 0.413. The van der Waals surface area contributed by atoms with Crippen LogP contribution in [0.15, 0.2) is 55.1 Å². The topological polar surface area (TPSA) is 116 Å². The molecule has 0 aliphatic heterocycles. The zero-order valence-electron chi connectivity index (χ0n) is 15.1. The minimum absolute atomic E-state index is 0.110. The van der Waals surface area contributed by atoms with Gasteiger partial charge in [-0.15, -0.1) is 0 Å². The summed E-state index contributed by atoms with van der Waals surface area (Å²) in [7, 11) is 1.27. The number of anilines is 1. The fourth-order valence-corrected chi connectivity index (χ4v) is 2.73. The van der Waals surface area contributed by atoms with E-state index >= 15 is 0 Å². The molecule has 9 heteroatoms. The van der Waals surface area contributed by atoms with Gasteiger partial charge in [-0.1, -0.05) is 6.07 Å². The lowest BCUT2D eigenvalue weighted by Crippen LogP contribution is -2.15. The van der Waals surface area contributed by atoms with Gasteiger partial charge in [-0.3, -0.25) is 14.9 Å². The number of esters is 1. The third kappa shape index (κ3) is 3.58. The number of benzene rings is 2. The molecular formula is C19H16N4O5. The standard InChI is InChI=1S/C19H16N4O5/c1-12-14(19(25)28-2)4-3-5-15(12)21-18(24)13-6-7-16(17(10-13)23(26)27)22-9-8-20-11-22/h3-11H,1-2H3,(H,21,24). The minimum atomic E-state index is -0.560. The molecule has 1 heterocycles. The molecule has 0 aliphatic rings. The summed E-state index contributed by atoms with van der Waals surface area (Å²) in [6, 6.07) is 8.99. The van der Waals surface area contributed by atoms with E-state index < -0.39 is 16.8 Å². The molecule has 1 aromatic heterocycles. The molecule has 142 valence electrons. The van der Waals surface area contributed by atoms with Crippen LogP contribution in [0.3, 0.4) is 0 Å². The van der Waals surface area contributed by atoms with E-state index in [2.05, 4.69) is 10.3 Å². The third-order valence-electron chi connectivity index (χ3n) is 4.20. The van der Waals surface area contributed by atoms with Crippen molar-refractivity contribution in [1.82, 2.24) is 9.55 Å². The van der Waals surface area contributed by atoms with Crippen LogP contribution in [0.1, 0.15) is 26.3 Å². The molecule has 0 radical (unpaired) electrons. The molecule has 0 fully saturated rings. The van der Waals surface area contributed by atoms with Crippen molar-refractivity contribution in [3.8, 4) is 5.69 Å². The number of hydrogen-bond acceptors (Lipinski definition) is 6. The molecule has 1 amide bonds. The molecule has 3 rings (SSSR count). The van der Waals surface area contributed by atoms with Crippen LogP contribution in [0.5, 0.6) is 0 Å². The molecule has 28 heavy (non-hydrogen) atoms. The molecule has 0 unspecified atom stereocenters. The smallest absolute Gasteiger partial charge is 0.338 e. The van der Waals surface area contributed by atoms with Gasteiger partial charge in [0.05, 0.1) is 23.9 Å². The van der Waals surface area contributed by atoms with Crippen LogP contribution < -0.4 is 5.32 Å². The van der Waals surface area contributed by atoms with Crippen LogP contribution in [0.4, 0.5) is 11.4 Å². The predicted octanol–water partition coefficient (Wildman–Crippen LogP) is 3.13. The molecule has 1 N–H and O–H groups in total. The Bertz CT molecular complexity index is 1060. The number of nitrogens with one attached hydrogen (secondary N) is 1. The van der Waals surface area contributed by atoms with Crippen molar-refractivity contribution < 1.29 is 19.2 Å². The summed E-state index contributed by atoms with van der Waals surface area (Å²) in [5.41, 5.74) is 1.44. The first kappa shape index (κ1) is 18.8. The number of nitrogens with zero attached hydrogens (tertiary/aromatic N) is 3. The average molecular weight is 380 g/mol. The van der Waals surface area contributed by atoms with Gasteiger partial charge in [0, 0.05) is 29.7 Å². The molecule has 0 spiro atoms. The van der Waals surface area contributed by atoms with Crippen LogP contribution >= 0.6 is 0 Å². The Morgan fingerprint density at radius 1 is 1.25 bits per heavy atom. The molecule has 2 aromatic carbocycles. The first-order chi connectivity index (χ1) is 13.4. The van der Waals surface area contributed by atoms with E-state index in [9.17, 15) is 19.7 Å². The Morgan fingerprint density at radius 2 is 2.04 bits per heavy atom. The summed E-state index contributed by atoms with van der Waals surface area (Å²) in [6.45, 7) is 1.67. The van der Waals surface area contributed by atoms with Crippen molar-refractivity contribution in [2.45, 2.75) is 6.92 Å². The fraction of sp³-hybridized carbons (Fsp3) is 0.105. The number of imidazole rings is 1. The number of ether oxygens (including phenoxy) is 1. The van der Waals surface area contributed by atoms with E-state index in [4.69, 9.17) is 4.74 Å². The molecule has 0 atom stereocenters. The van der Waals surface area contributed by atoms with E-state index in [0.29, 0.717) is 22.5 Å². The van der Waals surface area contributed by atoms with Crippen molar-refractivity contribution >= 4 is 23.3 Å². The van der Waals surface area contributed by atoms with Crippen molar-refractivity contribution in [2.75, 3.05) is 12.4 Å². The molecule has 3 aromatic rings. The van der Waals surface area contributed by atoms with Gasteiger partial charge < -0.3 is 14.6 Å². The number of hydrogen-bond donors (Lipinski definition) is 1. The van der Waals surface area contributed by atoms with Crippen molar-refractivity contribution in [2.24, 2.45) is 0 Å². The molecule has 0 saturated carbocycles. The Morgan fingerprint density at radius 3 is 2.68 bits per heavy atom. The molecule has 0 bridgehead atoms. The number of nitro groups is 1. The lowest BCUT2D eigenvalue weighted by molar-refractivity contribution is -0.384. The number of amides is 1. The second-order valence-electron chi connectivity index (χ2n) is 5.85. The van der Waals surface area contributed by atoms with E-state index in [1.807, 2.05) is 0 Å². The van der Waals surface area contributed by atoms with Crippen LogP contribution in [0.2, 0.25) is 0 Å². The SMILES string of the molecule is COC(=O)c1cccc(NC(=O)c2ccc(-n3ccnc3)c([N+](=O)[O-])c2)c1C. The van der Waals surface area contributed by atoms with Crippen molar-refractivity contribution in [3.05, 3.63) is 81.9 Å². The number of methoxy groups -OCH3 is 1. The van der Waals surface area contributed by atoms with Gasteiger partial charge in [0.2, 0.25) is 0 Å². The highest BCUT2D eigenvalue weighted by atomic mass is 16.6. The van der Waals surface area contributed by atoms with Crippen LogP contribution in [-0.2, 0) is 4.74 Å². The molecule has 9 nitrogen and oxygen atoms in total. The number of aromatic nitrogens is 2. The minimum Gasteiger partial charge on any atom is -0.465 e. The Labute approximate surface area is 159 Å². The maximum Gasteiger partial charge on any atom is 0.338 e. The predicted molar refractivity (Wildman–Crippen MR) is 101 cm³/mol. The van der Waals surface area contributed by atoms with Gasteiger partial charge in [-0.05, 0) is 36.8 Å². The highest BCUT2D eigenvalue weighted by Gasteiger charge is 2.20. The van der Waals surface area contributed by atoms with Gasteiger partial charge in [-0.25, -0.2) is 9.78 Å². The maximum atomic E-state index is 12.6. The van der Waals surface area contributed by atoms with E-state index in [0.717, 1.165) is 0 Å². The van der Waals surface area contributed by atoms with Crippen LogP contribution in [-0.4, -0.2) is 33.5 Å². The number of carbonyl (C=O) groups is 2. The lowest BCUT2D eigenvalue weighted by Gasteiger charge is -2.12. The second-order valence-corrected chi connectivity index (χ2v) is 5.85. The number of nitro benzene ring substituents is 1. The van der Waals surface area contributed by atoms with Gasteiger partial charge in [0.1, 0.15) is 5.69 Å². The lowest BCUT2D eigenvalue weighted by atomic mass is 10.1. The maximum absolute atomic E-state index is 12.6. The van der Waals surface area contributed by atoms with Gasteiger partial charge in [0.25, 0.3) is 11.6 Å². The first-order valence-corrected chi connectivity index (χ1v) is 8.18. The van der Waals surface area contributed by atoms with Crippen molar-refractivity contribution in [1.29, 1.82) is 0 Å². The zero-order valence-corrected chi connectivity index (χ0v) is 15.1. The highest BCUT2D eigenvalue weighted by Crippen LogP contribution is 2.26. The Kier molecular flexibility index (Phi) is 5.16. The zero-order chi connectivity index (χ0) is 20.3. The van der Waals surface area contributed by atoms with Crippen LogP contribution in [0, 0.1) is 17.0 Å². The second kappa shape index (κ2) is 7.70. The Hall–Kier alpha value is -4.01. The van der Waals surface area contributed by atoms with E-state index in [-0.39, 0.29) is 11.3 Å². The summed E-state index contributed by atoms with van der Waals surface area (Å²) < 4.78 is 6.21. The Balaban J connectivity index is 1.93. The van der Waals surface area contributed by atoms with Gasteiger partial charge in [0.15, 0.2) is 0 Å². The number of carbonyl (C=O) groups excluding carboxylic acids is 2. The number of rotatable bonds is 5. The summed E-state index contributed by atoms with van der Waals surface area (Å²) in [5, 5.41) is 14.1. The fourth-order valence-electron chi connectivity index (χ4n) is 2.73. The highest BCUT2D eigenvalue weighted by molar-refractivity contribution is 6.06. The van der Waals surface area contributed by atoms with Gasteiger partial charge >= 0.3 is 5.97 Å². The molecule has 0 saturated heterocycles. The summed E-state index contributed by atoms with van der Waals surface area (Å²) in [4.78, 5) is 39.2. The van der Waals surface area contributed by atoms with E-state index in [1.165, 1.54) is 42.4 Å². The van der Waals surface area contributed by atoms with Gasteiger partial charge in [-0.2, -0.15) is 0 Å². The average Bonchev–Trinajstić information content (AvgIpc) is 3.23. The van der Waals surface area contributed by atoms with Crippen LogP contribution in [0.25, 0.3) is 5.69 Å². The normalized spacial score (nSPS) is 10.4. The van der Waals surface area contributed by atoms with E-state index in [1.54, 1.807) is 31.3 Å². The summed E-state index contributed by atoms with van der Waals surface area (Å²) in [6.07, 6.45) is 4.51. The summed E-state index contributed by atoms with van der Waals surface area (Å²) in [5.74, 6) is -1.06. The largest absolute Gasteiger partial charge is 0.465 e.